The first kappa shape index (κ1) is 24.5. The molecule has 0 aromatic heterocycles. The van der Waals surface area contributed by atoms with E-state index in [1.807, 2.05) is 36.4 Å². The van der Waals surface area contributed by atoms with Gasteiger partial charge in [0, 0.05) is 18.6 Å². The molecule has 170 valence electrons. The van der Waals surface area contributed by atoms with Crippen molar-refractivity contribution >= 4 is 21.6 Å². The zero-order valence-corrected chi connectivity index (χ0v) is 20.0. The highest BCUT2D eigenvalue weighted by Gasteiger charge is 2.24. The summed E-state index contributed by atoms with van der Waals surface area (Å²) in [6.45, 7) is 2.13. The third kappa shape index (κ3) is 7.17. The number of halogens is 1. The lowest BCUT2D eigenvalue weighted by molar-refractivity contribution is 0.419. The molecule has 0 heterocycles. The molecule has 0 spiro atoms. The summed E-state index contributed by atoms with van der Waals surface area (Å²) < 4.78 is 27.4. The zero-order chi connectivity index (χ0) is 22.8. The van der Waals surface area contributed by atoms with E-state index in [9.17, 15) is 8.42 Å². The number of sulfonamides is 1. The molecule has 0 saturated heterocycles. The number of aryl methyl sites for hydroxylation is 1. The van der Waals surface area contributed by atoms with E-state index >= 15 is 0 Å². The molecule has 0 unspecified atom stereocenters. The predicted molar refractivity (Wildman–Crippen MR) is 133 cm³/mol. The maximum absolute atomic E-state index is 13.0. The minimum atomic E-state index is -3.54. The normalized spacial score (nSPS) is 12.7. The number of benzene rings is 3. The van der Waals surface area contributed by atoms with E-state index in [-0.39, 0.29) is 5.92 Å². The van der Waals surface area contributed by atoms with E-state index < -0.39 is 10.0 Å². The summed E-state index contributed by atoms with van der Waals surface area (Å²) in [4.78, 5) is 0.311. The minimum absolute atomic E-state index is 0.0406. The van der Waals surface area contributed by atoms with Gasteiger partial charge < -0.3 is 5.32 Å². The van der Waals surface area contributed by atoms with Gasteiger partial charge in [-0.05, 0) is 73.7 Å². The van der Waals surface area contributed by atoms with Crippen molar-refractivity contribution in [2.45, 2.75) is 30.1 Å². The summed E-state index contributed by atoms with van der Waals surface area (Å²) in [6.07, 6.45) is 2.93. The maximum Gasteiger partial charge on any atom is 0.242 e. The molecule has 0 fully saturated rings. The van der Waals surface area contributed by atoms with Crippen molar-refractivity contribution in [2.24, 2.45) is 0 Å². The van der Waals surface area contributed by atoms with Crippen molar-refractivity contribution in [3.63, 3.8) is 0 Å². The molecule has 0 bridgehead atoms. The third-order valence-corrected chi connectivity index (χ3v) is 7.65. The minimum Gasteiger partial charge on any atom is -0.317 e. The van der Waals surface area contributed by atoms with Gasteiger partial charge in [-0.3, -0.25) is 0 Å². The maximum atomic E-state index is 13.0. The largest absolute Gasteiger partial charge is 0.317 e. The van der Waals surface area contributed by atoms with Crippen LogP contribution in [0.25, 0.3) is 0 Å². The average Bonchev–Trinajstić information content (AvgIpc) is 2.81. The van der Waals surface area contributed by atoms with Crippen LogP contribution in [-0.4, -0.2) is 39.4 Å². The molecule has 3 aromatic rings. The lowest BCUT2D eigenvalue weighted by Gasteiger charge is -2.25. The van der Waals surface area contributed by atoms with Crippen molar-refractivity contribution in [3.05, 3.63) is 101 Å². The van der Waals surface area contributed by atoms with Gasteiger partial charge >= 0.3 is 0 Å². The molecule has 0 amide bonds. The highest BCUT2D eigenvalue weighted by Crippen LogP contribution is 2.25. The highest BCUT2D eigenvalue weighted by molar-refractivity contribution is 7.89. The fourth-order valence-corrected chi connectivity index (χ4v) is 5.20. The van der Waals surface area contributed by atoms with Crippen molar-refractivity contribution in [2.75, 3.05) is 26.7 Å². The van der Waals surface area contributed by atoms with Gasteiger partial charge in [0.05, 0.1) is 4.90 Å². The number of rotatable bonds is 12. The van der Waals surface area contributed by atoms with Crippen LogP contribution in [0.15, 0.2) is 89.8 Å². The van der Waals surface area contributed by atoms with E-state index in [0.717, 1.165) is 37.9 Å². The van der Waals surface area contributed by atoms with Crippen molar-refractivity contribution in [3.8, 4) is 0 Å². The molecule has 3 rings (SSSR count). The SMILES string of the molecule is CN(C[C@@H](CCNCCCc1ccccc1)c1cccc(Cl)c1)S(=O)(=O)c1ccccc1. The van der Waals surface area contributed by atoms with Crippen molar-refractivity contribution < 1.29 is 8.42 Å². The second kappa shape index (κ2) is 12.2. The monoisotopic (exact) mass is 470 g/mol. The van der Waals surface area contributed by atoms with Gasteiger partial charge in [0.25, 0.3) is 0 Å². The van der Waals surface area contributed by atoms with E-state index in [4.69, 9.17) is 11.6 Å². The molecule has 0 aliphatic rings. The lowest BCUT2D eigenvalue weighted by Crippen LogP contribution is -2.32. The molecule has 32 heavy (non-hydrogen) atoms. The lowest BCUT2D eigenvalue weighted by atomic mass is 9.95. The van der Waals surface area contributed by atoms with Crippen LogP contribution < -0.4 is 5.32 Å². The fraction of sp³-hybridized carbons (Fsp3) is 0.308. The topological polar surface area (TPSA) is 49.4 Å². The Morgan fingerprint density at radius 1 is 0.906 bits per heavy atom. The van der Waals surface area contributed by atoms with Gasteiger partial charge in [-0.25, -0.2) is 12.7 Å². The summed E-state index contributed by atoms with van der Waals surface area (Å²) in [6, 6.07) is 26.8. The summed E-state index contributed by atoms with van der Waals surface area (Å²) >= 11 is 6.22. The average molecular weight is 471 g/mol. The highest BCUT2D eigenvalue weighted by atomic mass is 35.5. The van der Waals surface area contributed by atoms with Gasteiger partial charge in [0.1, 0.15) is 0 Å². The van der Waals surface area contributed by atoms with Crippen LogP contribution in [-0.2, 0) is 16.4 Å². The van der Waals surface area contributed by atoms with Crippen LogP contribution in [0.4, 0.5) is 0 Å². The molecule has 0 saturated carbocycles. The summed E-state index contributed by atoms with van der Waals surface area (Å²) in [5, 5.41) is 4.18. The first-order chi connectivity index (χ1) is 15.5. The third-order valence-electron chi connectivity index (χ3n) is 5.58. The van der Waals surface area contributed by atoms with E-state index in [1.54, 1.807) is 31.3 Å². The first-order valence-electron chi connectivity index (χ1n) is 11.0. The van der Waals surface area contributed by atoms with E-state index in [0.29, 0.717) is 16.5 Å². The van der Waals surface area contributed by atoms with Crippen LogP contribution in [0.1, 0.15) is 29.9 Å². The second-order valence-electron chi connectivity index (χ2n) is 7.98. The fourth-order valence-electron chi connectivity index (χ4n) is 3.77. The molecular formula is C26H31ClN2O2S. The molecule has 0 radical (unpaired) electrons. The Balaban J connectivity index is 1.59. The summed E-state index contributed by atoms with van der Waals surface area (Å²) in [5.41, 5.74) is 2.40. The van der Waals surface area contributed by atoms with Crippen LogP contribution >= 0.6 is 11.6 Å². The van der Waals surface area contributed by atoms with Gasteiger partial charge in [-0.2, -0.15) is 0 Å². The van der Waals surface area contributed by atoms with Gasteiger partial charge in [0.2, 0.25) is 10.0 Å². The molecular weight excluding hydrogens is 440 g/mol. The molecule has 1 N–H and O–H groups in total. The summed E-state index contributed by atoms with van der Waals surface area (Å²) in [5.74, 6) is 0.0406. The van der Waals surface area contributed by atoms with Crippen molar-refractivity contribution in [1.82, 2.24) is 9.62 Å². The van der Waals surface area contributed by atoms with E-state index in [1.165, 1.54) is 9.87 Å². The van der Waals surface area contributed by atoms with Crippen LogP contribution in [0.2, 0.25) is 5.02 Å². The Bertz CT molecular complexity index is 1060. The predicted octanol–water partition coefficient (Wildman–Crippen LogP) is 5.36. The second-order valence-corrected chi connectivity index (χ2v) is 10.5. The molecule has 3 aromatic carbocycles. The van der Waals surface area contributed by atoms with Crippen molar-refractivity contribution in [1.29, 1.82) is 0 Å². The number of likely N-dealkylation sites (N-methyl/N-ethyl adjacent to an activating group) is 1. The molecule has 1 atom stereocenters. The van der Waals surface area contributed by atoms with Crippen LogP contribution in [0.5, 0.6) is 0 Å². The number of hydrogen-bond acceptors (Lipinski definition) is 3. The molecule has 6 heteroatoms. The van der Waals surface area contributed by atoms with Gasteiger partial charge in [-0.15, -0.1) is 0 Å². The number of nitrogens with one attached hydrogen (secondary N) is 1. The van der Waals surface area contributed by atoms with Crippen LogP contribution in [0, 0.1) is 0 Å². The Labute approximate surface area is 197 Å². The Morgan fingerprint density at radius 3 is 2.28 bits per heavy atom. The van der Waals surface area contributed by atoms with E-state index in [2.05, 4.69) is 29.6 Å². The van der Waals surface area contributed by atoms with Gasteiger partial charge in [-0.1, -0.05) is 72.3 Å². The Hall–Kier alpha value is -2.18. The molecule has 0 aliphatic carbocycles. The number of nitrogens with zero attached hydrogens (tertiary/aromatic N) is 1. The Kier molecular flexibility index (Phi) is 9.30. The quantitative estimate of drug-likeness (QED) is 0.362. The smallest absolute Gasteiger partial charge is 0.242 e. The standard InChI is InChI=1S/C26H31ClN2O2S/c1-29(32(30,31)26-15-6-3-7-16-26)21-24(23-13-8-14-25(27)20-23)17-19-28-18-9-12-22-10-4-2-5-11-22/h2-8,10-11,13-16,20,24,28H,9,12,17-19,21H2,1H3/t24-/m1/s1. The Morgan fingerprint density at radius 2 is 1.59 bits per heavy atom. The summed E-state index contributed by atoms with van der Waals surface area (Å²) in [7, 11) is -1.90. The van der Waals surface area contributed by atoms with Gasteiger partial charge in [0.15, 0.2) is 0 Å². The molecule has 0 aliphatic heterocycles. The number of hydrogen-bond donors (Lipinski definition) is 1. The zero-order valence-electron chi connectivity index (χ0n) is 18.5. The molecule has 4 nitrogen and oxygen atoms in total. The first-order valence-corrected chi connectivity index (χ1v) is 12.8. The van der Waals surface area contributed by atoms with Crippen LogP contribution in [0.3, 0.4) is 0 Å².